The number of carboxylic acid groups (broad SMARTS) is 1. The fraction of sp³-hybridized carbons (Fsp3) is 0.714. The van der Waals surface area contributed by atoms with Crippen LogP contribution < -0.4 is 61.0 Å². The van der Waals surface area contributed by atoms with E-state index < -0.39 is 84.5 Å². The van der Waals surface area contributed by atoms with Gasteiger partial charge in [-0.25, -0.2) is 4.79 Å². The zero-order valence-corrected chi connectivity index (χ0v) is 29.5. The number of nitrogens with one attached hydrogen (secondary N) is 5. The van der Waals surface area contributed by atoms with E-state index in [4.69, 9.17) is 34.4 Å². The third kappa shape index (κ3) is 19.5. The molecule has 0 unspecified atom stereocenters. The highest BCUT2D eigenvalue weighted by Gasteiger charge is 2.32. The van der Waals surface area contributed by atoms with Crippen LogP contribution in [0.15, 0.2) is 9.98 Å². The van der Waals surface area contributed by atoms with E-state index >= 15 is 0 Å². The van der Waals surface area contributed by atoms with Crippen LogP contribution >= 0.6 is 12.6 Å². The Kier molecular flexibility index (Phi) is 23.3. The van der Waals surface area contributed by atoms with Crippen molar-refractivity contribution in [1.82, 2.24) is 26.6 Å². The number of aliphatic imine (C=N–C) groups is 2. The number of hydrogen-bond acceptors (Lipinski definition) is 13. The lowest BCUT2D eigenvalue weighted by molar-refractivity contribution is -0.142. The number of hydrogen-bond donors (Lipinski definition) is 15. The number of aliphatic carboxylic acids is 1. The van der Waals surface area contributed by atoms with Crippen LogP contribution in [0.5, 0.6) is 0 Å². The fourth-order valence-electron chi connectivity index (χ4n) is 4.26. The number of nitrogens with two attached hydrogens (primary N) is 6. The molecule has 0 aromatic carbocycles. The zero-order valence-electron chi connectivity index (χ0n) is 28.6. The molecular weight excluding hydrogens is 694 g/mol. The Labute approximate surface area is 301 Å². The van der Waals surface area contributed by atoms with Crippen LogP contribution in [0.2, 0.25) is 0 Å². The third-order valence-electron chi connectivity index (χ3n) is 7.17. The minimum Gasteiger partial charge on any atom is -0.480 e. The quantitative estimate of drug-likeness (QED) is 0.0169. The van der Waals surface area contributed by atoms with E-state index in [1.165, 1.54) is 6.92 Å². The lowest BCUT2D eigenvalue weighted by Crippen LogP contribution is -2.60. The zero-order chi connectivity index (χ0) is 39.1. The highest BCUT2D eigenvalue weighted by Crippen LogP contribution is 2.07. The van der Waals surface area contributed by atoms with Crippen LogP contribution in [-0.2, 0) is 28.8 Å². The second kappa shape index (κ2) is 25.5. The minimum absolute atomic E-state index is 0.0401. The molecule has 5 amide bonds. The molecule has 0 aliphatic rings. The predicted octanol–water partition coefficient (Wildman–Crippen LogP) is -6.64. The molecule has 0 aromatic heterocycles. The Hall–Kier alpha value is -4.45. The van der Waals surface area contributed by atoms with Crippen molar-refractivity contribution in [3.63, 3.8) is 0 Å². The Bertz CT molecular complexity index is 1200. The van der Waals surface area contributed by atoms with Gasteiger partial charge in [0.25, 0.3) is 0 Å². The largest absolute Gasteiger partial charge is 0.480 e. The van der Waals surface area contributed by atoms with Gasteiger partial charge in [-0.05, 0) is 58.4 Å². The molecule has 0 spiro atoms. The van der Waals surface area contributed by atoms with Crippen molar-refractivity contribution < 1.29 is 44.1 Å². The molecule has 0 aromatic rings. The maximum Gasteiger partial charge on any atom is 0.326 e. The minimum atomic E-state index is -1.64. The molecule has 0 aliphatic carbocycles. The van der Waals surface area contributed by atoms with Crippen molar-refractivity contribution in [2.75, 3.05) is 32.0 Å². The van der Waals surface area contributed by atoms with Gasteiger partial charge in [0.1, 0.15) is 36.3 Å². The molecule has 51 heavy (non-hydrogen) atoms. The first-order valence-electron chi connectivity index (χ1n) is 16.2. The first kappa shape index (κ1) is 46.5. The summed E-state index contributed by atoms with van der Waals surface area (Å²) in [6.45, 7) is 0.853. The smallest absolute Gasteiger partial charge is 0.326 e. The summed E-state index contributed by atoms with van der Waals surface area (Å²) >= 11 is 4.06. The molecule has 0 heterocycles. The van der Waals surface area contributed by atoms with E-state index in [1.807, 2.05) is 0 Å². The van der Waals surface area contributed by atoms with Gasteiger partial charge in [0.15, 0.2) is 11.9 Å². The van der Waals surface area contributed by atoms with E-state index in [1.54, 1.807) is 0 Å². The van der Waals surface area contributed by atoms with Gasteiger partial charge in [0.2, 0.25) is 29.5 Å². The van der Waals surface area contributed by atoms with E-state index in [0.29, 0.717) is 19.4 Å². The van der Waals surface area contributed by atoms with Gasteiger partial charge in [-0.1, -0.05) is 0 Å². The molecule has 22 nitrogen and oxygen atoms in total. The molecule has 0 radical (unpaired) electrons. The van der Waals surface area contributed by atoms with Crippen LogP contribution in [0.3, 0.4) is 0 Å². The number of unbranched alkanes of at least 4 members (excludes halogenated alkanes) is 1. The summed E-state index contributed by atoms with van der Waals surface area (Å²) in [6, 6.07) is -8.24. The van der Waals surface area contributed by atoms with Crippen LogP contribution in [0.25, 0.3) is 0 Å². The molecule has 0 aliphatic heterocycles. The van der Waals surface area contributed by atoms with Crippen molar-refractivity contribution in [1.29, 1.82) is 0 Å². The molecule has 0 fully saturated rings. The van der Waals surface area contributed by atoms with E-state index in [-0.39, 0.29) is 62.9 Å². The van der Waals surface area contributed by atoms with Gasteiger partial charge in [-0.15, -0.1) is 0 Å². The average molecular weight is 750 g/mol. The highest BCUT2D eigenvalue weighted by molar-refractivity contribution is 7.80. The molecule has 0 bridgehead atoms. The van der Waals surface area contributed by atoms with Gasteiger partial charge in [0.05, 0.1) is 12.7 Å². The predicted molar refractivity (Wildman–Crippen MR) is 191 cm³/mol. The van der Waals surface area contributed by atoms with Crippen LogP contribution in [0.1, 0.15) is 51.9 Å². The number of thiol groups is 1. The highest BCUT2D eigenvalue weighted by atomic mass is 32.1. The van der Waals surface area contributed by atoms with E-state index in [9.17, 15) is 44.1 Å². The monoisotopic (exact) mass is 749 g/mol. The van der Waals surface area contributed by atoms with Crippen molar-refractivity contribution in [3.8, 4) is 0 Å². The topological polar surface area (TPSA) is 404 Å². The molecule has 292 valence electrons. The number of nitrogens with zero attached hydrogens (tertiary/aromatic N) is 2. The third-order valence-corrected chi connectivity index (χ3v) is 7.54. The number of carbonyl (C=O) groups excluding carboxylic acids is 5. The summed E-state index contributed by atoms with van der Waals surface area (Å²) in [5.41, 5.74) is 32.5. The lowest BCUT2D eigenvalue weighted by Gasteiger charge is -2.26. The SMILES string of the molecule is C[C@@H](O)[C@H](N)C(=O)N[C@H](CCCCN)C(=O)N[C@H](CCCN=C(N)N)C(=O)N[C@@H](CO)C(=O)N[C@H](CS)C(=O)N[C@@H](CCCN=C(N)N)C(=O)O. The van der Waals surface area contributed by atoms with E-state index in [2.05, 4.69) is 49.2 Å². The summed E-state index contributed by atoms with van der Waals surface area (Å²) in [5, 5.41) is 41.1. The number of amides is 5. The standard InChI is InChI=1S/C28H55N13O9S/c1-14(43)20(30)25(48)38-15(6-2-3-9-29)21(44)37-16(7-4-10-35-27(31)32)22(45)40-18(12-42)23(46)41-19(13-51)24(47)39-17(26(49)50)8-5-11-36-28(33)34/h14-20,42-43,51H,2-13,29-30H2,1H3,(H,37,44)(H,38,48)(H,39,47)(H,40,45)(H,41,46)(H,49,50)(H4,31,32,35)(H4,33,34,36)/t14-,15-,16-,17+,18+,19-,20+/m1/s1. The molecular formula is C28H55N13O9S. The van der Waals surface area contributed by atoms with Crippen LogP contribution in [0, 0.1) is 0 Å². The fourth-order valence-corrected chi connectivity index (χ4v) is 4.52. The van der Waals surface area contributed by atoms with Crippen molar-refractivity contribution in [2.24, 2.45) is 44.4 Å². The van der Waals surface area contributed by atoms with Gasteiger partial charge in [-0.3, -0.25) is 34.0 Å². The Morgan fingerprint density at radius 3 is 1.47 bits per heavy atom. The summed E-state index contributed by atoms with van der Waals surface area (Å²) in [6.07, 6.45) is 0.0956. The summed E-state index contributed by atoms with van der Waals surface area (Å²) in [7, 11) is 0. The van der Waals surface area contributed by atoms with Gasteiger partial charge in [-0.2, -0.15) is 12.6 Å². The van der Waals surface area contributed by atoms with Crippen molar-refractivity contribution >= 4 is 60.1 Å². The summed E-state index contributed by atoms with van der Waals surface area (Å²) in [5.74, 6) is -6.48. The normalized spacial score (nSPS) is 14.9. The van der Waals surface area contributed by atoms with Gasteiger partial charge < -0.3 is 76.3 Å². The molecule has 20 N–H and O–H groups in total. The second-order valence-electron chi connectivity index (χ2n) is 11.5. The molecule has 0 saturated heterocycles. The maximum atomic E-state index is 13.4. The average Bonchev–Trinajstić information content (AvgIpc) is 3.06. The Morgan fingerprint density at radius 1 is 0.647 bits per heavy atom. The molecule has 7 atom stereocenters. The van der Waals surface area contributed by atoms with E-state index in [0.717, 1.165) is 0 Å². The maximum absolute atomic E-state index is 13.4. The first-order chi connectivity index (χ1) is 24.0. The number of carbonyl (C=O) groups is 6. The van der Waals surface area contributed by atoms with Crippen molar-refractivity contribution in [2.45, 2.75) is 94.2 Å². The molecule has 23 heteroatoms. The number of carboxylic acids is 1. The van der Waals surface area contributed by atoms with Crippen LogP contribution in [-0.4, -0.2) is 137 Å². The van der Waals surface area contributed by atoms with Crippen LogP contribution in [0.4, 0.5) is 0 Å². The number of guanidine groups is 2. The summed E-state index contributed by atoms with van der Waals surface area (Å²) in [4.78, 5) is 84.5. The van der Waals surface area contributed by atoms with Gasteiger partial charge in [0, 0.05) is 18.8 Å². The summed E-state index contributed by atoms with van der Waals surface area (Å²) < 4.78 is 0. The first-order valence-corrected chi connectivity index (χ1v) is 16.8. The Balaban J connectivity index is 5.88. The Morgan fingerprint density at radius 2 is 1.04 bits per heavy atom. The second-order valence-corrected chi connectivity index (χ2v) is 11.8. The lowest BCUT2D eigenvalue weighted by atomic mass is 10.0. The van der Waals surface area contributed by atoms with Crippen molar-refractivity contribution in [3.05, 3.63) is 0 Å². The number of aliphatic hydroxyl groups is 2. The number of aliphatic hydroxyl groups excluding tert-OH is 2. The molecule has 0 saturated carbocycles. The number of rotatable bonds is 26. The van der Waals surface area contributed by atoms with Gasteiger partial charge >= 0.3 is 5.97 Å². The molecule has 0 rings (SSSR count).